The van der Waals surface area contributed by atoms with E-state index < -0.39 is 17.0 Å². The number of hydrogen-bond donors (Lipinski definition) is 3. The molecular weight excluding hydrogens is 316 g/mol. The molecule has 3 rings (SSSR count). The van der Waals surface area contributed by atoms with Gasteiger partial charge in [0.15, 0.2) is 6.04 Å². The highest BCUT2D eigenvalue weighted by Gasteiger charge is 2.46. The van der Waals surface area contributed by atoms with E-state index in [9.17, 15) is 14.9 Å². The predicted octanol–water partition coefficient (Wildman–Crippen LogP) is 0.643. The van der Waals surface area contributed by atoms with Crippen LogP contribution in [0, 0.1) is 10.1 Å². The molecule has 0 saturated carbocycles. The zero-order valence-corrected chi connectivity index (χ0v) is 13.6. The van der Waals surface area contributed by atoms with Gasteiger partial charge in [0, 0.05) is 16.7 Å². The van der Waals surface area contributed by atoms with Gasteiger partial charge in [0.1, 0.15) is 0 Å². The van der Waals surface area contributed by atoms with Crippen LogP contribution in [0.25, 0.3) is 0 Å². The molecule has 0 aliphatic carbocycles. The average molecular weight is 336 g/mol. The number of carbonyl (C=O) groups is 1. The van der Waals surface area contributed by atoms with Crippen molar-refractivity contribution in [3.05, 3.63) is 45.5 Å². The van der Waals surface area contributed by atoms with E-state index in [0.29, 0.717) is 6.54 Å². The monoisotopic (exact) mass is 336 g/mol. The number of fused-ring (bicyclic) bond motifs is 1. The van der Waals surface area contributed by atoms with Crippen molar-refractivity contribution in [3.8, 4) is 0 Å². The van der Waals surface area contributed by atoms with Gasteiger partial charge in [-0.1, -0.05) is 24.3 Å². The Hall–Kier alpha value is -1.64. The molecule has 2 heterocycles. The third kappa shape index (κ3) is 3.34. The minimum Gasteiger partial charge on any atom is -0.353 e. The maximum atomic E-state index is 12.3. The Morgan fingerprint density at radius 2 is 2.22 bits per heavy atom. The lowest BCUT2D eigenvalue weighted by Gasteiger charge is -2.25. The van der Waals surface area contributed by atoms with Crippen LogP contribution in [0.1, 0.15) is 23.3 Å². The van der Waals surface area contributed by atoms with Crippen molar-refractivity contribution in [1.82, 2.24) is 16.2 Å². The van der Waals surface area contributed by atoms with E-state index in [0.717, 1.165) is 12.2 Å². The summed E-state index contributed by atoms with van der Waals surface area (Å²) in [5.74, 6) is 0.696. The van der Waals surface area contributed by atoms with Gasteiger partial charge < -0.3 is 5.32 Å². The van der Waals surface area contributed by atoms with Gasteiger partial charge in [-0.15, -0.1) is 0 Å². The van der Waals surface area contributed by atoms with E-state index in [1.165, 1.54) is 11.1 Å². The zero-order valence-electron chi connectivity index (χ0n) is 12.8. The summed E-state index contributed by atoms with van der Waals surface area (Å²) in [7, 11) is 0. The number of nitro groups is 1. The van der Waals surface area contributed by atoms with Gasteiger partial charge in [-0.25, -0.2) is 10.9 Å². The summed E-state index contributed by atoms with van der Waals surface area (Å²) in [6.07, 6.45) is 1.04. The molecule has 8 heteroatoms. The molecule has 2 aliphatic rings. The number of hydrogen-bond acceptors (Lipinski definition) is 6. The van der Waals surface area contributed by atoms with Crippen LogP contribution in [0.4, 0.5) is 0 Å². The summed E-state index contributed by atoms with van der Waals surface area (Å²) in [5, 5.41) is 14.2. The van der Waals surface area contributed by atoms with Crippen LogP contribution >= 0.6 is 11.8 Å². The molecule has 23 heavy (non-hydrogen) atoms. The fraction of sp³-hybridized carbons (Fsp3) is 0.533. The molecule has 4 unspecified atom stereocenters. The highest BCUT2D eigenvalue weighted by atomic mass is 32.2. The van der Waals surface area contributed by atoms with Crippen LogP contribution in [0.3, 0.4) is 0 Å². The number of nitrogens with one attached hydrogen (secondary N) is 3. The van der Waals surface area contributed by atoms with Gasteiger partial charge in [0.25, 0.3) is 6.04 Å². The second kappa shape index (κ2) is 6.86. The van der Waals surface area contributed by atoms with E-state index in [4.69, 9.17) is 0 Å². The maximum Gasteiger partial charge on any atom is 0.254 e. The summed E-state index contributed by atoms with van der Waals surface area (Å²) < 4.78 is 0. The van der Waals surface area contributed by atoms with Crippen LogP contribution in [0.2, 0.25) is 0 Å². The zero-order chi connectivity index (χ0) is 16.4. The number of hydrazine groups is 1. The van der Waals surface area contributed by atoms with E-state index in [1.54, 1.807) is 6.92 Å². The quantitative estimate of drug-likeness (QED) is 0.552. The molecule has 0 radical (unpaired) electrons. The minimum absolute atomic E-state index is 0.199. The molecule has 0 bridgehead atoms. The minimum atomic E-state index is -0.957. The van der Waals surface area contributed by atoms with Crippen LogP contribution in [-0.4, -0.2) is 41.3 Å². The molecular formula is C15H20N4O3S. The molecule has 3 N–H and O–H groups in total. The molecule has 124 valence electrons. The largest absolute Gasteiger partial charge is 0.353 e. The lowest BCUT2D eigenvalue weighted by Crippen LogP contribution is -2.50. The van der Waals surface area contributed by atoms with Crippen molar-refractivity contribution in [2.75, 3.05) is 12.3 Å². The lowest BCUT2D eigenvalue weighted by atomic mass is 10.0. The fourth-order valence-corrected chi connectivity index (χ4v) is 4.39. The summed E-state index contributed by atoms with van der Waals surface area (Å²) in [5.41, 5.74) is 8.08. The molecule has 1 aromatic carbocycles. The van der Waals surface area contributed by atoms with E-state index in [2.05, 4.69) is 28.3 Å². The highest BCUT2D eigenvalue weighted by molar-refractivity contribution is 7.99. The highest BCUT2D eigenvalue weighted by Crippen LogP contribution is 2.35. The van der Waals surface area contributed by atoms with Gasteiger partial charge in [-0.05, 0) is 30.2 Å². The number of carbonyl (C=O) groups excluding carboxylic acids is 1. The lowest BCUT2D eigenvalue weighted by molar-refractivity contribution is -0.523. The van der Waals surface area contributed by atoms with E-state index in [1.807, 2.05) is 23.9 Å². The average Bonchev–Trinajstić information content (AvgIpc) is 2.94. The van der Waals surface area contributed by atoms with Gasteiger partial charge in [0.05, 0.1) is 6.04 Å². The van der Waals surface area contributed by atoms with Crippen molar-refractivity contribution in [1.29, 1.82) is 0 Å². The number of amides is 1. The fourth-order valence-electron chi connectivity index (χ4n) is 3.15. The molecule has 2 aliphatic heterocycles. The first-order valence-electron chi connectivity index (χ1n) is 7.69. The SMILES string of the molecule is CC1NNC(C(=O)NCC2SCCc3ccccc32)C1[N+](=O)[O-]. The van der Waals surface area contributed by atoms with Crippen LogP contribution < -0.4 is 16.2 Å². The Morgan fingerprint density at radius 1 is 1.43 bits per heavy atom. The topological polar surface area (TPSA) is 96.3 Å². The number of benzene rings is 1. The van der Waals surface area contributed by atoms with Crippen molar-refractivity contribution >= 4 is 17.7 Å². The second-order valence-electron chi connectivity index (χ2n) is 5.88. The summed E-state index contributed by atoms with van der Waals surface area (Å²) in [6, 6.07) is 6.07. The summed E-state index contributed by atoms with van der Waals surface area (Å²) in [6.45, 7) is 2.18. The van der Waals surface area contributed by atoms with E-state index in [-0.39, 0.29) is 17.2 Å². The Labute approximate surface area is 138 Å². The third-order valence-electron chi connectivity index (χ3n) is 4.40. The number of thioether (sulfide) groups is 1. The molecule has 0 spiro atoms. The van der Waals surface area contributed by atoms with Crippen LogP contribution in [0.15, 0.2) is 24.3 Å². The molecule has 1 saturated heterocycles. The van der Waals surface area contributed by atoms with Crippen molar-refractivity contribution < 1.29 is 9.72 Å². The third-order valence-corrected chi connectivity index (χ3v) is 5.66. The molecule has 4 atom stereocenters. The molecule has 1 fully saturated rings. The second-order valence-corrected chi connectivity index (χ2v) is 7.19. The first-order chi connectivity index (χ1) is 11.1. The van der Waals surface area contributed by atoms with Crippen molar-refractivity contribution in [2.24, 2.45) is 0 Å². The Bertz CT molecular complexity index is 612. The summed E-state index contributed by atoms with van der Waals surface area (Å²) in [4.78, 5) is 23.1. The first-order valence-corrected chi connectivity index (χ1v) is 8.74. The first kappa shape index (κ1) is 16.2. The van der Waals surface area contributed by atoms with Crippen LogP contribution in [0.5, 0.6) is 0 Å². The van der Waals surface area contributed by atoms with Gasteiger partial charge >= 0.3 is 0 Å². The molecule has 1 aromatic rings. The number of aryl methyl sites for hydroxylation is 1. The molecule has 7 nitrogen and oxygen atoms in total. The molecule has 0 aromatic heterocycles. The summed E-state index contributed by atoms with van der Waals surface area (Å²) >= 11 is 1.81. The van der Waals surface area contributed by atoms with Gasteiger partial charge in [-0.2, -0.15) is 11.8 Å². The Morgan fingerprint density at radius 3 is 3.00 bits per heavy atom. The number of nitrogens with zero attached hydrogens (tertiary/aromatic N) is 1. The smallest absolute Gasteiger partial charge is 0.254 e. The maximum absolute atomic E-state index is 12.3. The van der Waals surface area contributed by atoms with Crippen molar-refractivity contribution in [2.45, 2.75) is 36.7 Å². The van der Waals surface area contributed by atoms with E-state index >= 15 is 0 Å². The number of rotatable bonds is 4. The predicted molar refractivity (Wildman–Crippen MR) is 88.7 cm³/mol. The van der Waals surface area contributed by atoms with Crippen LogP contribution in [-0.2, 0) is 11.2 Å². The Balaban J connectivity index is 1.63. The Kier molecular flexibility index (Phi) is 4.84. The normalized spacial score (nSPS) is 29.8. The van der Waals surface area contributed by atoms with Gasteiger partial charge in [-0.3, -0.25) is 14.9 Å². The van der Waals surface area contributed by atoms with Crippen molar-refractivity contribution in [3.63, 3.8) is 0 Å². The van der Waals surface area contributed by atoms with Gasteiger partial charge in [0.2, 0.25) is 5.91 Å². The molecule has 1 amide bonds. The standard InChI is InChI=1S/C15H20N4O3S/c1-9-14(19(21)22)13(18-17-9)15(20)16-8-12-11-5-3-2-4-10(11)6-7-23-12/h2-5,9,12-14,17-18H,6-8H2,1H3,(H,16,20).